The van der Waals surface area contributed by atoms with Crippen LogP contribution in [-0.4, -0.2) is 5.91 Å². The topological polar surface area (TPSA) is 29.1 Å². The van der Waals surface area contributed by atoms with Gasteiger partial charge in [-0.1, -0.05) is 22.0 Å². The summed E-state index contributed by atoms with van der Waals surface area (Å²) in [5.41, 5.74) is 2.02. The molecule has 0 spiro atoms. The van der Waals surface area contributed by atoms with Crippen LogP contribution >= 0.6 is 15.9 Å². The van der Waals surface area contributed by atoms with Gasteiger partial charge < -0.3 is 5.32 Å². The summed E-state index contributed by atoms with van der Waals surface area (Å²) >= 11 is 3.38. The zero-order valence-electron chi connectivity index (χ0n) is 7.59. The van der Waals surface area contributed by atoms with Gasteiger partial charge in [0, 0.05) is 10.0 Å². The first kappa shape index (κ1) is 8.48. The highest BCUT2D eigenvalue weighted by atomic mass is 79.9. The fraction of sp³-hybridized carbons (Fsp3) is 0.364. The summed E-state index contributed by atoms with van der Waals surface area (Å²) in [6, 6.07) is 6.26. The highest BCUT2D eigenvalue weighted by molar-refractivity contribution is 9.10. The smallest absolute Gasteiger partial charge is 0.252 e. The minimum absolute atomic E-state index is 0.0817. The van der Waals surface area contributed by atoms with E-state index in [9.17, 15) is 4.79 Å². The lowest BCUT2D eigenvalue weighted by atomic mass is 10.0. The molecule has 0 aromatic heterocycles. The Morgan fingerprint density at radius 2 is 2.14 bits per heavy atom. The molecule has 1 aliphatic carbocycles. The van der Waals surface area contributed by atoms with Crippen molar-refractivity contribution in [2.24, 2.45) is 5.92 Å². The Bertz CT molecular complexity index is 412. The Kier molecular flexibility index (Phi) is 1.71. The average Bonchev–Trinajstić information content (AvgIpc) is 2.94. The Hall–Kier alpha value is -0.830. The van der Waals surface area contributed by atoms with Crippen molar-refractivity contribution in [3.63, 3.8) is 0 Å². The highest BCUT2D eigenvalue weighted by Crippen LogP contribution is 2.44. The maximum absolute atomic E-state index is 11.6. The van der Waals surface area contributed by atoms with Crippen LogP contribution in [0, 0.1) is 5.92 Å². The van der Waals surface area contributed by atoms with Gasteiger partial charge in [-0.15, -0.1) is 0 Å². The minimum atomic E-state index is 0.0817. The summed E-state index contributed by atoms with van der Waals surface area (Å²) in [5, 5.41) is 3.05. The van der Waals surface area contributed by atoms with Crippen molar-refractivity contribution in [2.75, 3.05) is 0 Å². The Morgan fingerprint density at radius 1 is 1.36 bits per heavy atom. The van der Waals surface area contributed by atoms with Gasteiger partial charge in [0.15, 0.2) is 0 Å². The van der Waals surface area contributed by atoms with Crippen LogP contribution in [0.4, 0.5) is 0 Å². The van der Waals surface area contributed by atoms with Crippen molar-refractivity contribution >= 4 is 21.8 Å². The van der Waals surface area contributed by atoms with Crippen LogP contribution < -0.4 is 5.32 Å². The van der Waals surface area contributed by atoms with Crippen molar-refractivity contribution in [3.8, 4) is 0 Å². The van der Waals surface area contributed by atoms with Crippen LogP contribution in [0.1, 0.15) is 34.8 Å². The van der Waals surface area contributed by atoms with Crippen LogP contribution in [0.3, 0.4) is 0 Å². The van der Waals surface area contributed by atoms with Gasteiger partial charge in [0.2, 0.25) is 0 Å². The SMILES string of the molecule is O=C1NC(C2CC2)c2ccc(Br)cc21. The van der Waals surface area contributed by atoms with Crippen molar-refractivity contribution in [1.29, 1.82) is 0 Å². The molecule has 2 aliphatic rings. The summed E-state index contributed by atoms with van der Waals surface area (Å²) in [5.74, 6) is 0.763. The number of halogens is 1. The summed E-state index contributed by atoms with van der Waals surface area (Å²) in [7, 11) is 0. The molecule has 72 valence electrons. The quantitative estimate of drug-likeness (QED) is 0.817. The number of hydrogen-bond acceptors (Lipinski definition) is 1. The van der Waals surface area contributed by atoms with Gasteiger partial charge in [-0.2, -0.15) is 0 Å². The Labute approximate surface area is 90.8 Å². The van der Waals surface area contributed by atoms with Gasteiger partial charge in [-0.3, -0.25) is 4.79 Å². The number of carbonyl (C=O) groups excluding carboxylic acids is 1. The fourth-order valence-electron chi connectivity index (χ4n) is 2.09. The highest BCUT2D eigenvalue weighted by Gasteiger charge is 2.39. The maximum atomic E-state index is 11.6. The van der Waals surface area contributed by atoms with Gasteiger partial charge >= 0.3 is 0 Å². The average molecular weight is 252 g/mol. The zero-order chi connectivity index (χ0) is 9.71. The van der Waals surface area contributed by atoms with E-state index in [-0.39, 0.29) is 11.9 Å². The van der Waals surface area contributed by atoms with Gasteiger partial charge in [-0.05, 0) is 36.5 Å². The van der Waals surface area contributed by atoms with Crippen LogP contribution in [0.2, 0.25) is 0 Å². The van der Waals surface area contributed by atoms with Crippen molar-refractivity contribution in [3.05, 3.63) is 33.8 Å². The molecule has 1 atom stereocenters. The third kappa shape index (κ3) is 1.19. The van der Waals surface area contributed by atoms with E-state index in [1.807, 2.05) is 12.1 Å². The molecule has 1 unspecified atom stereocenters. The van der Waals surface area contributed by atoms with Crippen LogP contribution in [0.25, 0.3) is 0 Å². The van der Waals surface area contributed by atoms with Crippen molar-refractivity contribution < 1.29 is 4.79 Å². The second-order valence-electron chi connectivity index (χ2n) is 4.02. The Morgan fingerprint density at radius 3 is 2.86 bits per heavy atom. The first-order valence-corrected chi connectivity index (χ1v) is 5.65. The van der Waals surface area contributed by atoms with E-state index >= 15 is 0 Å². The zero-order valence-corrected chi connectivity index (χ0v) is 9.17. The number of amides is 1. The van der Waals surface area contributed by atoms with Crippen LogP contribution in [0.15, 0.2) is 22.7 Å². The lowest BCUT2D eigenvalue weighted by Gasteiger charge is -2.09. The molecule has 1 aromatic carbocycles. The van der Waals surface area contributed by atoms with E-state index in [0.29, 0.717) is 5.92 Å². The summed E-state index contributed by atoms with van der Waals surface area (Å²) in [6.07, 6.45) is 2.50. The molecule has 1 aliphatic heterocycles. The number of nitrogens with one attached hydrogen (secondary N) is 1. The number of rotatable bonds is 1. The van der Waals surface area contributed by atoms with E-state index in [1.165, 1.54) is 18.4 Å². The minimum Gasteiger partial charge on any atom is -0.345 e. The first-order chi connectivity index (χ1) is 6.75. The van der Waals surface area contributed by atoms with E-state index in [0.717, 1.165) is 10.0 Å². The molecule has 1 aromatic rings. The second-order valence-corrected chi connectivity index (χ2v) is 4.94. The first-order valence-electron chi connectivity index (χ1n) is 4.86. The molecule has 0 radical (unpaired) electrons. The summed E-state index contributed by atoms with van der Waals surface area (Å²) in [6.45, 7) is 0. The lowest BCUT2D eigenvalue weighted by molar-refractivity contribution is 0.0953. The third-order valence-corrected chi connectivity index (χ3v) is 3.47. The molecule has 3 heteroatoms. The number of benzene rings is 1. The molecule has 0 bridgehead atoms. The molecule has 3 rings (SSSR count). The van der Waals surface area contributed by atoms with Crippen molar-refractivity contribution in [2.45, 2.75) is 18.9 Å². The van der Waals surface area contributed by atoms with E-state index in [4.69, 9.17) is 0 Å². The van der Waals surface area contributed by atoms with Gasteiger partial charge in [-0.25, -0.2) is 0 Å². The molecule has 1 heterocycles. The number of carbonyl (C=O) groups is 1. The monoisotopic (exact) mass is 251 g/mol. The van der Waals surface area contributed by atoms with Gasteiger partial charge in [0.25, 0.3) is 5.91 Å². The molecule has 0 saturated heterocycles. The standard InChI is InChI=1S/C11H10BrNO/c12-7-3-4-8-9(5-7)11(14)13-10(8)6-1-2-6/h3-6,10H,1-2H2,(H,13,14). The van der Waals surface area contributed by atoms with Crippen LogP contribution in [-0.2, 0) is 0 Å². The molecule has 1 fully saturated rings. The third-order valence-electron chi connectivity index (χ3n) is 2.98. The van der Waals surface area contributed by atoms with Crippen LogP contribution in [0.5, 0.6) is 0 Å². The summed E-state index contributed by atoms with van der Waals surface area (Å²) in [4.78, 5) is 11.6. The summed E-state index contributed by atoms with van der Waals surface area (Å²) < 4.78 is 0.975. The molecule has 1 N–H and O–H groups in total. The molecule has 2 nitrogen and oxygen atoms in total. The molecule has 14 heavy (non-hydrogen) atoms. The fourth-order valence-corrected chi connectivity index (χ4v) is 2.46. The van der Waals surface area contributed by atoms with Gasteiger partial charge in [0.05, 0.1) is 6.04 Å². The van der Waals surface area contributed by atoms with Crippen molar-refractivity contribution in [1.82, 2.24) is 5.32 Å². The predicted octanol–water partition coefficient (Wildman–Crippen LogP) is 2.64. The Balaban J connectivity index is 2.09. The maximum Gasteiger partial charge on any atom is 0.252 e. The number of fused-ring (bicyclic) bond motifs is 1. The molecule has 1 amide bonds. The lowest BCUT2D eigenvalue weighted by Crippen LogP contribution is -2.20. The van der Waals surface area contributed by atoms with E-state index in [1.54, 1.807) is 0 Å². The van der Waals surface area contributed by atoms with Gasteiger partial charge in [0.1, 0.15) is 0 Å². The second kappa shape index (κ2) is 2.83. The predicted molar refractivity (Wildman–Crippen MR) is 57.1 cm³/mol. The molecular weight excluding hydrogens is 242 g/mol. The van der Waals surface area contributed by atoms with E-state index in [2.05, 4.69) is 27.3 Å². The molecule has 1 saturated carbocycles. The largest absolute Gasteiger partial charge is 0.345 e. The number of hydrogen-bond donors (Lipinski definition) is 1. The normalized spacial score (nSPS) is 24.6. The molecular formula is C11H10BrNO. The van der Waals surface area contributed by atoms with E-state index < -0.39 is 0 Å².